The largest absolute Gasteiger partial charge is 0.301 e. The number of ketones is 1. The fraction of sp³-hybridized carbons (Fsp3) is 0.500. The molecule has 0 aliphatic rings. The molecule has 63 valence electrons. The highest BCUT2D eigenvalue weighted by atomic mass is 16.1. The number of hydrogen-bond donors (Lipinski definition) is 0. The second-order valence-corrected chi connectivity index (χ2v) is 2.99. The van der Waals surface area contributed by atoms with Gasteiger partial charge in [0.15, 0.2) is 5.72 Å². The van der Waals surface area contributed by atoms with Crippen molar-refractivity contribution in [2.75, 3.05) is 0 Å². The minimum Gasteiger partial charge on any atom is -0.301 e. The number of aromatic nitrogens is 2. The molecule has 0 fully saturated rings. The van der Waals surface area contributed by atoms with E-state index < -0.39 is 0 Å². The molecule has 3 nitrogen and oxygen atoms in total. The van der Waals surface area contributed by atoms with Crippen LogP contribution in [0.5, 0.6) is 0 Å². The Morgan fingerprint density at radius 3 is 2.83 bits per heavy atom. The van der Waals surface area contributed by atoms with E-state index in [4.69, 9.17) is 0 Å². The molecule has 1 rings (SSSR count). The molecule has 0 saturated carbocycles. The molecule has 0 aliphatic carbocycles. The third kappa shape index (κ3) is 1.97. The normalized spacial score (nSPS) is 9.92. The number of carbonyl (C=O) groups is 1. The number of aryl methyl sites for hydroxylation is 2. The summed E-state index contributed by atoms with van der Waals surface area (Å²) in [4.78, 5) is 10.7. The van der Waals surface area contributed by atoms with E-state index in [0.717, 1.165) is 5.72 Å². The minimum absolute atomic E-state index is 0.191. The lowest BCUT2D eigenvalue weighted by Gasteiger charge is -1.94. The van der Waals surface area contributed by atoms with Crippen LogP contribution in [0.3, 0.4) is 0 Å². The Hall–Kier alpha value is -1.06. The summed E-state index contributed by atoms with van der Waals surface area (Å²) < 4.78 is 3.98. The summed E-state index contributed by atoms with van der Waals surface area (Å²) in [7, 11) is 5.86. The second-order valence-electron chi connectivity index (χ2n) is 2.99. The first-order chi connectivity index (χ1) is 5.61. The van der Waals surface area contributed by atoms with Crippen LogP contribution in [0, 0.1) is 0 Å². The monoisotopic (exact) mass is 164 g/mol. The van der Waals surface area contributed by atoms with Crippen molar-refractivity contribution in [3.8, 4) is 0 Å². The molecule has 0 aliphatic heterocycles. The molecule has 0 N–H and O–H groups in total. The van der Waals surface area contributed by atoms with E-state index in [1.165, 1.54) is 0 Å². The first kappa shape index (κ1) is 9.04. The van der Waals surface area contributed by atoms with Gasteiger partial charge in [-0.05, 0) is 13.2 Å². The summed E-state index contributed by atoms with van der Waals surface area (Å²) in [6.07, 6.45) is 4.43. The van der Waals surface area contributed by atoms with E-state index in [1.807, 2.05) is 42.9 Å². The van der Waals surface area contributed by atoms with Gasteiger partial charge in [-0.3, -0.25) is 0 Å². The second kappa shape index (κ2) is 3.56. The molecule has 1 radical (unpaired) electrons. The average Bonchev–Trinajstić information content (AvgIpc) is 2.28. The molecule has 0 saturated heterocycles. The van der Waals surface area contributed by atoms with Gasteiger partial charge in [0.2, 0.25) is 0 Å². The van der Waals surface area contributed by atoms with Crippen LogP contribution < -0.4 is 10.3 Å². The van der Waals surface area contributed by atoms with Crippen LogP contribution in [0.4, 0.5) is 0 Å². The Labute approximate surface area is 73.3 Å². The number of carbonyl (C=O) groups excluding carboxylic acids is 1. The number of rotatable bonds is 3. The van der Waals surface area contributed by atoms with Crippen molar-refractivity contribution in [1.82, 2.24) is 4.57 Å². The van der Waals surface area contributed by atoms with Gasteiger partial charge in [-0.25, -0.2) is 9.13 Å². The maximum atomic E-state index is 10.7. The van der Waals surface area contributed by atoms with Crippen molar-refractivity contribution in [1.29, 1.82) is 0 Å². The predicted octanol–water partition coefficient (Wildman–Crippen LogP) is -0.814. The molecular weight excluding hydrogens is 151 g/mol. The summed E-state index contributed by atoms with van der Waals surface area (Å²) in [5.41, 5.74) is 1.06. The van der Waals surface area contributed by atoms with Gasteiger partial charge in [-0.15, -0.1) is 0 Å². The summed E-state index contributed by atoms with van der Waals surface area (Å²) in [6, 6.07) is 0. The Bertz CT molecular complexity index is 274. The fourth-order valence-electron chi connectivity index (χ4n) is 1.12. The van der Waals surface area contributed by atoms with Crippen molar-refractivity contribution in [2.45, 2.75) is 13.2 Å². The number of Topliss-reactive ketones (excluding diaryl/α,β-unsaturated/α-hetero) is 1. The third-order valence-electron chi connectivity index (χ3n) is 1.81. The molecule has 1 aromatic rings. The Balaban J connectivity index is 2.68. The van der Waals surface area contributed by atoms with Crippen molar-refractivity contribution < 1.29 is 9.36 Å². The van der Waals surface area contributed by atoms with Gasteiger partial charge in [-0.2, -0.15) is 0 Å². The van der Waals surface area contributed by atoms with E-state index in [9.17, 15) is 4.79 Å². The van der Waals surface area contributed by atoms with Crippen LogP contribution in [-0.2, 0) is 18.9 Å². The molecule has 1 heterocycles. The summed E-state index contributed by atoms with van der Waals surface area (Å²) in [5.74, 6) is 0.191. The highest BCUT2D eigenvalue weighted by Gasteiger charge is 2.12. The lowest BCUT2D eigenvalue weighted by Crippen LogP contribution is -2.49. The van der Waals surface area contributed by atoms with Crippen molar-refractivity contribution >= 4 is 18.8 Å². The first-order valence-electron chi connectivity index (χ1n) is 3.95. The lowest BCUT2D eigenvalue weighted by atomic mass is 9.72. The smallest absolute Gasteiger partial charge is 0.275 e. The maximum absolute atomic E-state index is 10.7. The summed E-state index contributed by atoms with van der Waals surface area (Å²) >= 11 is 0. The molecule has 0 unspecified atom stereocenters. The minimum atomic E-state index is 0.191. The topological polar surface area (TPSA) is 25.9 Å². The molecule has 0 spiro atoms. The molecule has 12 heavy (non-hydrogen) atoms. The zero-order valence-electron chi connectivity index (χ0n) is 7.74. The van der Waals surface area contributed by atoms with Gasteiger partial charge in [0.05, 0.1) is 14.1 Å². The van der Waals surface area contributed by atoms with Crippen LogP contribution in [0.1, 0.15) is 6.92 Å². The Morgan fingerprint density at radius 1 is 1.75 bits per heavy atom. The van der Waals surface area contributed by atoms with Gasteiger partial charge >= 0.3 is 0 Å². The van der Waals surface area contributed by atoms with Crippen molar-refractivity contribution in [2.24, 2.45) is 14.1 Å². The predicted molar refractivity (Wildman–Crippen MR) is 47.5 cm³/mol. The molecule has 0 aromatic carbocycles. The van der Waals surface area contributed by atoms with Crippen LogP contribution >= 0.6 is 0 Å². The molecular formula is C8H13BN2O+. The molecule has 0 atom stereocenters. The third-order valence-corrected chi connectivity index (χ3v) is 1.81. The van der Waals surface area contributed by atoms with E-state index in [0.29, 0.717) is 6.32 Å². The van der Waals surface area contributed by atoms with Gasteiger partial charge < -0.3 is 4.79 Å². The van der Waals surface area contributed by atoms with Gasteiger partial charge in [-0.1, -0.05) is 0 Å². The van der Waals surface area contributed by atoms with Crippen LogP contribution in [0.15, 0.2) is 12.4 Å². The summed E-state index contributed by atoms with van der Waals surface area (Å²) in [5, 5.41) is 0. The van der Waals surface area contributed by atoms with Gasteiger partial charge in [0.1, 0.15) is 18.2 Å². The van der Waals surface area contributed by atoms with Gasteiger partial charge in [0, 0.05) is 0 Å². The van der Waals surface area contributed by atoms with E-state index in [1.54, 1.807) is 6.92 Å². The lowest BCUT2D eigenvalue weighted by molar-refractivity contribution is -0.653. The molecule has 1 aromatic heterocycles. The number of hydrogen-bond acceptors (Lipinski definition) is 1. The van der Waals surface area contributed by atoms with Crippen molar-refractivity contribution in [3.05, 3.63) is 12.4 Å². The quantitative estimate of drug-likeness (QED) is 0.423. The van der Waals surface area contributed by atoms with Crippen LogP contribution in [0.2, 0.25) is 6.32 Å². The van der Waals surface area contributed by atoms with E-state index in [-0.39, 0.29) is 5.78 Å². The van der Waals surface area contributed by atoms with Crippen LogP contribution in [-0.4, -0.2) is 17.6 Å². The highest BCUT2D eigenvalue weighted by molar-refractivity contribution is 6.54. The Kier molecular flexibility index (Phi) is 2.68. The highest BCUT2D eigenvalue weighted by Crippen LogP contribution is 1.81. The standard InChI is InChI=1S/C8H13BN2O/c1-7(12)6-9-8-10(2)4-5-11(8)3/h4-5H,6H2,1-3H3/q+1. The first-order valence-corrected chi connectivity index (χ1v) is 3.95. The zero-order valence-corrected chi connectivity index (χ0v) is 7.74. The fourth-order valence-corrected chi connectivity index (χ4v) is 1.12. The number of imidazole rings is 1. The van der Waals surface area contributed by atoms with E-state index >= 15 is 0 Å². The zero-order chi connectivity index (χ0) is 9.14. The SMILES string of the molecule is CC(=O)C[B]c1n(C)cc[n+]1C. The summed E-state index contributed by atoms with van der Waals surface area (Å²) in [6.45, 7) is 1.60. The van der Waals surface area contributed by atoms with Crippen LogP contribution in [0.25, 0.3) is 0 Å². The maximum Gasteiger partial charge on any atom is 0.275 e. The molecule has 0 amide bonds. The van der Waals surface area contributed by atoms with Crippen molar-refractivity contribution in [3.63, 3.8) is 0 Å². The van der Waals surface area contributed by atoms with Gasteiger partial charge in [0.25, 0.3) is 7.28 Å². The molecule has 4 heteroatoms. The molecule has 0 bridgehead atoms. The Morgan fingerprint density at radius 2 is 2.42 bits per heavy atom. The van der Waals surface area contributed by atoms with E-state index in [2.05, 4.69) is 0 Å². The average molecular weight is 164 g/mol. The number of nitrogens with zero attached hydrogens (tertiary/aromatic N) is 2.